The van der Waals surface area contributed by atoms with Gasteiger partial charge in [0.1, 0.15) is 5.75 Å². The van der Waals surface area contributed by atoms with Crippen molar-refractivity contribution >= 4 is 23.2 Å². The Hall–Kier alpha value is -1.33. The maximum absolute atomic E-state index is 6.20. The fourth-order valence-electron chi connectivity index (χ4n) is 2.03. The Kier molecular flexibility index (Phi) is 4.83. The van der Waals surface area contributed by atoms with Crippen molar-refractivity contribution in [2.24, 2.45) is 5.84 Å². The first kappa shape index (κ1) is 15.1. The first-order valence-electron chi connectivity index (χ1n) is 5.98. The lowest BCUT2D eigenvalue weighted by atomic mass is 10.0. The number of aryl methyl sites for hydroxylation is 1. The minimum Gasteiger partial charge on any atom is -0.496 e. The van der Waals surface area contributed by atoms with E-state index in [-0.39, 0.29) is 6.04 Å². The highest BCUT2D eigenvalue weighted by Gasteiger charge is 2.21. The summed E-state index contributed by atoms with van der Waals surface area (Å²) in [6.45, 7) is 1.99. The summed E-state index contributed by atoms with van der Waals surface area (Å²) >= 11 is 12.1. The van der Waals surface area contributed by atoms with Gasteiger partial charge in [0.15, 0.2) is 0 Å². The second-order valence-electron chi connectivity index (χ2n) is 4.37. The number of nitrogens with two attached hydrogens (primary N) is 1. The smallest absolute Gasteiger partial charge is 0.124 e. The molecule has 0 saturated heterocycles. The zero-order valence-corrected chi connectivity index (χ0v) is 12.7. The molecule has 2 rings (SSSR count). The molecule has 2 aromatic rings. The highest BCUT2D eigenvalue weighted by atomic mass is 35.5. The van der Waals surface area contributed by atoms with E-state index >= 15 is 0 Å². The Labute approximate surface area is 127 Å². The molecule has 0 aliphatic rings. The molecule has 1 aromatic carbocycles. The fourth-order valence-corrected chi connectivity index (χ4v) is 2.52. The van der Waals surface area contributed by atoms with Gasteiger partial charge in [-0.3, -0.25) is 10.8 Å². The van der Waals surface area contributed by atoms with Crippen molar-refractivity contribution in [2.45, 2.75) is 13.0 Å². The summed E-state index contributed by atoms with van der Waals surface area (Å²) in [6.07, 6.45) is 1.54. The number of methoxy groups -OCH3 is 1. The predicted molar refractivity (Wildman–Crippen MR) is 81.2 cm³/mol. The van der Waals surface area contributed by atoms with Crippen molar-refractivity contribution in [1.82, 2.24) is 10.4 Å². The van der Waals surface area contributed by atoms with Gasteiger partial charge < -0.3 is 4.74 Å². The zero-order valence-electron chi connectivity index (χ0n) is 11.2. The number of nitrogens with zero attached hydrogens (tertiary/aromatic N) is 1. The molecule has 0 radical (unpaired) electrons. The molecule has 0 amide bonds. The Bertz CT molecular complexity index is 619. The van der Waals surface area contributed by atoms with Crippen LogP contribution in [-0.2, 0) is 0 Å². The first-order chi connectivity index (χ1) is 9.56. The van der Waals surface area contributed by atoms with Crippen LogP contribution in [-0.4, -0.2) is 12.1 Å². The second-order valence-corrected chi connectivity index (χ2v) is 5.21. The molecular weight excluding hydrogens is 297 g/mol. The zero-order chi connectivity index (χ0) is 14.7. The van der Waals surface area contributed by atoms with E-state index in [9.17, 15) is 0 Å². The van der Waals surface area contributed by atoms with Crippen LogP contribution >= 0.6 is 23.2 Å². The monoisotopic (exact) mass is 311 g/mol. The molecule has 1 atom stereocenters. The Morgan fingerprint density at radius 3 is 2.65 bits per heavy atom. The van der Waals surface area contributed by atoms with Gasteiger partial charge >= 0.3 is 0 Å². The van der Waals surface area contributed by atoms with E-state index in [1.807, 2.05) is 25.1 Å². The van der Waals surface area contributed by atoms with Gasteiger partial charge in [0.05, 0.1) is 28.9 Å². The van der Waals surface area contributed by atoms with Crippen LogP contribution in [0, 0.1) is 6.92 Å². The molecule has 0 saturated carbocycles. The summed E-state index contributed by atoms with van der Waals surface area (Å²) in [5, 5.41) is 0.926. The number of pyridine rings is 1. The summed E-state index contributed by atoms with van der Waals surface area (Å²) in [5.41, 5.74) is 5.28. The van der Waals surface area contributed by atoms with Crippen molar-refractivity contribution in [3.05, 3.63) is 57.3 Å². The Morgan fingerprint density at radius 1 is 1.30 bits per heavy atom. The van der Waals surface area contributed by atoms with Gasteiger partial charge in [-0.15, -0.1) is 0 Å². The molecule has 1 heterocycles. The highest BCUT2D eigenvalue weighted by Crippen LogP contribution is 2.33. The summed E-state index contributed by atoms with van der Waals surface area (Å²) in [5.74, 6) is 6.39. The molecule has 3 N–H and O–H groups in total. The number of hydrogen-bond acceptors (Lipinski definition) is 4. The van der Waals surface area contributed by atoms with E-state index < -0.39 is 0 Å². The van der Waals surface area contributed by atoms with Crippen molar-refractivity contribution in [1.29, 1.82) is 0 Å². The summed E-state index contributed by atoms with van der Waals surface area (Å²) in [6, 6.07) is 7.09. The van der Waals surface area contributed by atoms with E-state index in [1.54, 1.807) is 13.2 Å². The minimum absolute atomic E-state index is 0.380. The quantitative estimate of drug-likeness (QED) is 0.672. The number of nitrogens with one attached hydrogen (secondary N) is 1. The van der Waals surface area contributed by atoms with E-state index in [4.69, 9.17) is 33.8 Å². The molecule has 0 aliphatic carbocycles. The van der Waals surface area contributed by atoms with Crippen LogP contribution in [0.4, 0.5) is 0 Å². The summed E-state index contributed by atoms with van der Waals surface area (Å²) in [4.78, 5) is 4.27. The maximum Gasteiger partial charge on any atom is 0.124 e. The second kappa shape index (κ2) is 6.41. The lowest BCUT2D eigenvalue weighted by Gasteiger charge is -2.20. The van der Waals surface area contributed by atoms with Crippen LogP contribution in [0.25, 0.3) is 0 Å². The largest absolute Gasteiger partial charge is 0.496 e. The lowest BCUT2D eigenvalue weighted by molar-refractivity contribution is 0.403. The molecule has 1 unspecified atom stereocenters. The number of halogens is 2. The van der Waals surface area contributed by atoms with Crippen LogP contribution in [0.1, 0.15) is 22.9 Å². The lowest BCUT2D eigenvalue weighted by Crippen LogP contribution is -2.30. The van der Waals surface area contributed by atoms with Crippen molar-refractivity contribution in [2.75, 3.05) is 7.11 Å². The van der Waals surface area contributed by atoms with E-state index in [0.717, 1.165) is 11.1 Å². The number of hydrogen-bond donors (Lipinski definition) is 2. The Balaban J connectivity index is 2.54. The third-order valence-electron chi connectivity index (χ3n) is 2.97. The minimum atomic E-state index is -0.380. The topological polar surface area (TPSA) is 60.2 Å². The van der Waals surface area contributed by atoms with E-state index in [1.165, 1.54) is 6.20 Å². The van der Waals surface area contributed by atoms with E-state index in [2.05, 4.69) is 10.4 Å². The molecule has 0 bridgehead atoms. The van der Waals surface area contributed by atoms with E-state index in [0.29, 0.717) is 21.5 Å². The number of rotatable bonds is 4. The van der Waals surface area contributed by atoms with Crippen molar-refractivity contribution in [3.63, 3.8) is 0 Å². The molecular formula is C14H15Cl2N3O. The number of benzene rings is 1. The molecule has 0 aliphatic heterocycles. The van der Waals surface area contributed by atoms with Crippen LogP contribution in [0.2, 0.25) is 10.0 Å². The van der Waals surface area contributed by atoms with Crippen LogP contribution in [0.5, 0.6) is 5.75 Å². The molecule has 4 nitrogen and oxygen atoms in total. The number of ether oxygens (including phenoxy) is 1. The van der Waals surface area contributed by atoms with Gasteiger partial charge in [0, 0.05) is 11.8 Å². The molecule has 1 aromatic heterocycles. The van der Waals surface area contributed by atoms with Gasteiger partial charge in [0.25, 0.3) is 0 Å². The maximum atomic E-state index is 6.20. The average molecular weight is 312 g/mol. The normalized spacial score (nSPS) is 12.2. The average Bonchev–Trinajstić information content (AvgIpc) is 2.42. The van der Waals surface area contributed by atoms with Gasteiger partial charge in [-0.25, -0.2) is 5.43 Å². The molecule has 0 spiro atoms. The molecule has 0 fully saturated rings. The van der Waals surface area contributed by atoms with Gasteiger partial charge in [-0.1, -0.05) is 40.9 Å². The highest BCUT2D eigenvalue weighted by molar-refractivity contribution is 6.34. The summed E-state index contributed by atoms with van der Waals surface area (Å²) < 4.78 is 5.38. The number of hydrazine groups is 1. The SMILES string of the molecule is COc1ccc(C)cc1C(NN)c1ncc(Cl)cc1Cl. The molecule has 20 heavy (non-hydrogen) atoms. The number of aromatic nitrogens is 1. The van der Waals surface area contributed by atoms with Crippen LogP contribution in [0.3, 0.4) is 0 Å². The van der Waals surface area contributed by atoms with Gasteiger partial charge in [-0.2, -0.15) is 0 Å². The van der Waals surface area contributed by atoms with Gasteiger partial charge in [-0.05, 0) is 19.1 Å². The fraction of sp³-hybridized carbons (Fsp3) is 0.214. The predicted octanol–water partition coefficient (Wildman–Crippen LogP) is 3.26. The van der Waals surface area contributed by atoms with Crippen molar-refractivity contribution in [3.8, 4) is 5.75 Å². The third-order valence-corrected chi connectivity index (χ3v) is 3.48. The summed E-state index contributed by atoms with van der Waals surface area (Å²) in [7, 11) is 1.61. The van der Waals surface area contributed by atoms with Crippen LogP contribution < -0.4 is 16.0 Å². The Morgan fingerprint density at radius 2 is 2.05 bits per heavy atom. The van der Waals surface area contributed by atoms with Crippen LogP contribution in [0.15, 0.2) is 30.5 Å². The molecule has 6 heteroatoms. The first-order valence-corrected chi connectivity index (χ1v) is 6.74. The standard InChI is InChI=1S/C14H15Cl2N3O/c1-8-3-4-12(20-2)10(5-8)13(19-17)14-11(16)6-9(15)7-18-14/h3-7,13,19H,17H2,1-2H3. The third kappa shape index (κ3) is 3.04. The molecule has 106 valence electrons. The van der Waals surface area contributed by atoms with Gasteiger partial charge in [0.2, 0.25) is 0 Å². The van der Waals surface area contributed by atoms with Crippen molar-refractivity contribution < 1.29 is 4.74 Å².